The maximum atomic E-state index is 14.7. The molecular formula is C24H28F4N6O4. The molecule has 1 fully saturated rings. The van der Waals surface area contributed by atoms with Gasteiger partial charge in [-0.1, -0.05) is 0 Å². The minimum absolute atomic E-state index is 0.0252. The highest BCUT2D eigenvalue weighted by Crippen LogP contribution is 2.40. The molecule has 0 aliphatic carbocycles. The molecule has 0 spiro atoms. The van der Waals surface area contributed by atoms with Gasteiger partial charge in [-0.15, -0.1) is 0 Å². The zero-order chi connectivity index (χ0) is 28.0. The Balaban J connectivity index is 1.62. The van der Waals surface area contributed by atoms with Crippen molar-refractivity contribution in [1.29, 1.82) is 0 Å². The Labute approximate surface area is 215 Å². The standard InChI is InChI=1S/C24H28F4N6O4/c1-22(2,3)38-21(36)33-10-15(25)17(11-33)32-19-8-29-6-16(31-19)18-7-30-20-5-13(12-35)14(9-34(18)20)23(4,37)24(26,27)28/h5-9,15,17,35,37H,10-12H2,1-4H3,(H,31,32)/t15-,17-,23?/m0/s1. The molecule has 206 valence electrons. The van der Waals surface area contributed by atoms with Crippen molar-refractivity contribution in [3.05, 3.63) is 42.0 Å². The summed E-state index contributed by atoms with van der Waals surface area (Å²) in [6.07, 6.45) is -1.95. The highest BCUT2D eigenvalue weighted by Gasteiger charge is 2.52. The van der Waals surface area contributed by atoms with Crippen molar-refractivity contribution in [2.45, 2.75) is 63.9 Å². The van der Waals surface area contributed by atoms with Crippen LogP contribution < -0.4 is 5.32 Å². The number of hydrogen-bond donors (Lipinski definition) is 3. The van der Waals surface area contributed by atoms with Crippen molar-refractivity contribution in [1.82, 2.24) is 24.3 Å². The molecule has 38 heavy (non-hydrogen) atoms. The van der Waals surface area contributed by atoms with E-state index in [1.165, 1.54) is 34.0 Å². The number of halogens is 4. The molecule has 0 saturated carbocycles. The number of hydrogen-bond acceptors (Lipinski definition) is 8. The van der Waals surface area contributed by atoms with Gasteiger partial charge in [-0.25, -0.2) is 19.2 Å². The number of likely N-dealkylation sites (tertiary alicyclic amines) is 1. The molecule has 3 aromatic heterocycles. The van der Waals surface area contributed by atoms with Gasteiger partial charge < -0.3 is 25.2 Å². The van der Waals surface area contributed by atoms with Crippen molar-refractivity contribution in [3.8, 4) is 11.4 Å². The van der Waals surface area contributed by atoms with Crippen LogP contribution in [-0.2, 0) is 16.9 Å². The number of rotatable bonds is 5. The van der Waals surface area contributed by atoms with Gasteiger partial charge >= 0.3 is 12.3 Å². The van der Waals surface area contributed by atoms with Crippen LogP contribution in [0.5, 0.6) is 0 Å². The number of aromatic nitrogens is 4. The maximum absolute atomic E-state index is 14.7. The summed E-state index contributed by atoms with van der Waals surface area (Å²) < 4.78 is 62.0. The first kappa shape index (κ1) is 27.5. The SMILES string of the molecule is CC(C)(C)OC(=O)N1C[C@H](Nc2cncc(-c3cnc4cc(CO)c(C(C)(O)C(F)(F)F)cn34)n2)[C@@H](F)C1. The number of pyridine rings is 1. The second-order valence-electron chi connectivity index (χ2n) is 10.3. The largest absolute Gasteiger partial charge is 0.444 e. The van der Waals surface area contributed by atoms with Crippen LogP contribution in [0.15, 0.2) is 30.9 Å². The number of aliphatic hydroxyl groups excluding tert-OH is 1. The average molecular weight is 541 g/mol. The summed E-state index contributed by atoms with van der Waals surface area (Å²) in [6, 6.07) is 0.446. The number of imidazole rings is 1. The monoisotopic (exact) mass is 540 g/mol. The second kappa shape index (κ2) is 9.66. The molecule has 4 heterocycles. The Bertz CT molecular complexity index is 1340. The van der Waals surface area contributed by atoms with E-state index in [-0.39, 0.29) is 41.5 Å². The zero-order valence-corrected chi connectivity index (χ0v) is 21.1. The van der Waals surface area contributed by atoms with E-state index in [1.807, 2.05) is 0 Å². The minimum Gasteiger partial charge on any atom is -0.444 e. The summed E-state index contributed by atoms with van der Waals surface area (Å²) in [4.78, 5) is 26.2. The fourth-order valence-corrected chi connectivity index (χ4v) is 4.10. The molecule has 14 heteroatoms. The van der Waals surface area contributed by atoms with E-state index in [0.29, 0.717) is 6.92 Å². The number of carbonyl (C=O) groups excluding carboxylic acids is 1. The fraction of sp³-hybridized carbons (Fsp3) is 0.500. The fourth-order valence-electron chi connectivity index (χ4n) is 4.10. The Morgan fingerprint density at radius 2 is 1.89 bits per heavy atom. The lowest BCUT2D eigenvalue weighted by Crippen LogP contribution is -2.40. The topological polar surface area (TPSA) is 125 Å². The number of amides is 1. The van der Waals surface area contributed by atoms with E-state index in [0.717, 1.165) is 6.20 Å². The molecule has 3 N–H and O–H groups in total. The molecule has 0 aromatic carbocycles. The van der Waals surface area contributed by atoms with Crippen molar-refractivity contribution in [2.75, 3.05) is 18.4 Å². The highest BCUT2D eigenvalue weighted by atomic mass is 19.4. The first-order valence-corrected chi connectivity index (χ1v) is 11.7. The Morgan fingerprint density at radius 1 is 1.18 bits per heavy atom. The number of alkyl halides is 4. The molecule has 0 bridgehead atoms. The van der Waals surface area contributed by atoms with Gasteiger partial charge in [0.2, 0.25) is 0 Å². The molecule has 1 unspecified atom stereocenters. The van der Waals surface area contributed by atoms with E-state index in [2.05, 4.69) is 20.3 Å². The first-order chi connectivity index (χ1) is 17.6. The predicted molar refractivity (Wildman–Crippen MR) is 128 cm³/mol. The summed E-state index contributed by atoms with van der Waals surface area (Å²) in [5.74, 6) is 0.172. The lowest BCUT2D eigenvalue weighted by molar-refractivity contribution is -0.259. The lowest BCUT2D eigenvalue weighted by atomic mass is 9.92. The average Bonchev–Trinajstić information content (AvgIpc) is 3.39. The van der Waals surface area contributed by atoms with Crippen molar-refractivity contribution in [2.24, 2.45) is 0 Å². The normalized spacial score (nSPS) is 20.0. The van der Waals surface area contributed by atoms with Crippen LogP contribution in [0.25, 0.3) is 17.0 Å². The number of anilines is 1. The minimum atomic E-state index is -5.01. The first-order valence-electron chi connectivity index (χ1n) is 11.7. The molecule has 0 radical (unpaired) electrons. The van der Waals surface area contributed by atoms with E-state index < -0.39 is 47.9 Å². The number of aliphatic hydroxyl groups is 2. The van der Waals surface area contributed by atoms with Crippen LogP contribution >= 0.6 is 0 Å². The summed E-state index contributed by atoms with van der Waals surface area (Å²) in [5.41, 5.74) is -3.99. The molecule has 3 aromatic rings. The predicted octanol–water partition coefficient (Wildman–Crippen LogP) is 3.42. The van der Waals surface area contributed by atoms with E-state index in [4.69, 9.17) is 4.74 Å². The van der Waals surface area contributed by atoms with Crippen LogP contribution in [0.3, 0.4) is 0 Å². The van der Waals surface area contributed by atoms with E-state index >= 15 is 0 Å². The Hall–Kier alpha value is -3.52. The van der Waals surface area contributed by atoms with Crippen molar-refractivity contribution >= 4 is 17.6 Å². The molecule has 1 aliphatic rings. The van der Waals surface area contributed by atoms with Gasteiger partial charge in [0.25, 0.3) is 0 Å². The third kappa shape index (κ3) is 5.36. The molecular weight excluding hydrogens is 512 g/mol. The van der Waals surface area contributed by atoms with E-state index in [1.54, 1.807) is 20.8 Å². The second-order valence-corrected chi connectivity index (χ2v) is 10.3. The van der Waals surface area contributed by atoms with Gasteiger partial charge in [-0.2, -0.15) is 13.2 Å². The van der Waals surface area contributed by atoms with Crippen LogP contribution in [0.1, 0.15) is 38.8 Å². The Kier molecular flexibility index (Phi) is 6.99. The van der Waals surface area contributed by atoms with E-state index in [9.17, 15) is 32.6 Å². The van der Waals surface area contributed by atoms with Crippen molar-refractivity contribution in [3.63, 3.8) is 0 Å². The molecule has 4 rings (SSSR count). The highest BCUT2D eigenvalue weighted by molar-refractivity contribution is 5.69. The van der Waals surface area contributed by atoms with Gasteiger partial charge in [-0.05, 0) is 39.3 Å². The smallest absolute Gasteiger partial charge is 0.421 e. The van der Waals surface area contributed by atoms with Crippen LogP contribution in [0, 0.1) is 0 Å². The third-order valence-electron chi connectivity index (χ3n) is 6.11. The lowest BCUT2D eigenvalue weighted by Gasteiger charge is -2.28. The summed E-state index contributed by atoms with van der Waals surface area (Å²) >= 11 is 0. The van der Waals surface area contributed by atoms with Gasteiger partial charge in [0.05, 0.1) is 43.5 Å². The molecule has 1 amide bonds. The quantitative estimate of drug-likeness (QED) is 0.421. The zero-order valence-electron chi connectivity index (χ0n) is 21.1. The summed E-state index contributed by atoms with van der Waals surface area (Å²) in [5, 5.41) is 22.8. The molecule has 10 nitrogen and oxygen atoms in total. The number of carbonyl (C=O) groups is 1. The summed E-state index contributed by atoms with van der Waals surface area (Å²) in [6.45, 7) is 4.85. The molecule has 1 saturated heterocycles. The summed E-state index contributed by atoms with van der Waals surface area (Å²) in [7, 11) is 0. The molecule has 1 aliphatic heterocycles. The Morgan fingerprint density at radius 3 is 2.53 bits per heavy atom. The molecule has 3 atom stereocenters. The third-order valence-corrected chi connectivity index (χ3v) is 6.11. The number of fused-ring (bicyclic) bond motifs is 1. The van der Waals surface area contributed by atoms with Crippen LogP contribution in [0.2, 0.25) is 0 Å². The van der Waals surface area contributed by atoms with Gasteiger partial charge in [-0.3, -0.25) is 9.38 Å². The van der Waals surface area contributed by atoms with Crippen molar-refractivity contribution < 1.29 is 37.3 Å². The van der Waals surface area contributed by atoms with Crippen LogP contribution in [0.4, 0.5) is 28.2 Å². The number of nitrogens with zero attached hydrogens (tertiary/aromatic N) is 5. The number of nitrogens with one attached hydrogen (secondary N) is 1. The van der Waals surface area contributed by atoms with Gasteiger partial charge in [0.1, 0.15) is 28.9 Å². The van der Waals surface area contributed by atoms with Gasteiger partial charge in [0.15, 0.2) is 5.60 Å². The maximum Gasteiger partial charge on any atom is 0.421 e. The van der Waals surface area contributed by atoms with Gasteiger partial charge in [0, 0.05) is 18.3 Å². The number of ether oxygens (including phenoxy) is 1. The van der Waals surface area contributed by atoms with Crippen LogP contribution in [-0.4, -0.2) is 77.6 Å².